The molecular formula is C21H24N4OS. The van der Waals surface area contributed by atoms with Gasteiger partial charge in [0.25, 0.3) is 5.91 Å². The maximum absolute atomic E-state index is 13.6. The monoisotopic (exact) mass is 380 g/mol. The van der Waals surface area contributed by atoms with Crippen LogP contribution in [0.4, 0.5) is 5.69 Å². The molecule has 1 aromatic carbocycles. The van der Waals surface area contributed by atoms with E-state index in [2.05, 4.69) is 38.9 Å². The number of pyridine rings is 1. The molecule has 1 amide bonds. The van der Waals surface area contributed by atoms with Gasteiger partial charge in [-0.3, -0.25) is 4.79 Å². The van der Waals surface area contributed by atoms with E-state index in [1.807, 2.05) is 33.8 Å². The van der Waals surface area contributed by atoms with E-state index in [9.17, 15) is 4.79 Å². The zero-order valence-electron chi connectivity index (χ0n) is 16.1. The highest BCUT2D eigenvalue weighted by molar-refractivity contribution is 7.99. The minimum atomic E-state index is 0.0281. The number of aromatic nitrogens is 3. The average Bonchev–Trinajstić information content (AvgIpc) is 3.10. The summed E-state index contributed by atoms with van der Waals surface area (Å²) in [6.07, 6.45) is 1.78. The first kappa shape index (κ1) is 18.0. The lowest BCUT2D eigenvalue weighted by Gasteiger charge is -2.29. The molecule has 5 nitrogen and oxygen atoms in total. The molecule has 0 aliphatic carbocycles. The summed E-state index contributed by atoms with van der Waals surface area (Å²) in [5.41, 5.74) is 3.40. The van der Waals surface area contributed by atoms with E-state index in [4.69, 9.17) is 4.98 Å². The quantitative estimate of drug-likeness (QED) is 0.649. The molecule has 0 fully saturated rings. The standard InChI is InChI=1S/C21H24N4OS/c1-13(2)17-11-15(16-12-22-25(14(3)4)20(16)23-17)21(26)24-9-10-27-19-8-6-5-7-18(19)24/h5-8,11-14H,9-10H2,1-4H3. The molecule has 0 bridgehead atoms. The number of benzene rings is 1. The van der Waals surface area contributed by atoms with Crippen molar-refractivity contribution in [1.82, 2.24) is 14.8 Å². The number of carbonyl (C=O) groups is 1. The number of anilines is 1. The minimum absolute atomic E-state index is 0.0281. The van der Waals surface area contributed by atoms with Gasteiger partial charge in [0.15, 0.2) is 5.65 Å². The molecule has 4 rings (SSSR count). The predicted octanol–water partition coefficient (Wildman–Crippen LogP) is 4.89. The molecule has 0 N–H and O–H groups in total. The smallest absolute Gasteiger partial charge is 0.259 e. The Morgan fingerprint density at radius 3 is 2.70 bits per heavy atom. The molecule has 0 saturated carbocycles. The van der Waals surface area contributed by atoms with E-state index in [-0.39, 0.29) is 17.9 Å². The predicted molar refractivity (Wildman–Crippen MR) is 111 cm³/mol. The zero-order chi connectivity index (χ0) is 19.1. The summed E-state index contributed by atoms with van der Waals surface area (Å²) in [6, 6.07) is 10.3. The van der Waals surface area contributed by atoms with Gasteiger partial charge in [0, 0.05) is 28.9 Å². The number of para-hydroxylation sites is 1. The fraction of sp³-hybridized carbons (Fsp3) is 0.381. The maximum Gasteiger partial charge on any atom is 0.259 e. The second kappa shape index (κ2) is 7.00. The van der Waals surface area contributed by atoms with E-state index >= 15 is 0 Å². The van der Waals surface area contributed by atoms with E-state index in [0.29, 0.717) is 12.1 Å². The molecule has 0 radical (unpaired) electrons. The van der Waals surface area contributed by atoms with Gasteiger partial charge in [-0.2, -0.15) is 5.10 Å². The highest BCUT2D eigenvalue weighted by Gasteiger charge is 2.27. The van der Waals surface area contributed by atoms with Crippen LogP contribution >= 0.6 is 11.8 Å². The zero-order valence-corrected chi connectivity index (χ0v) is 17.0. The van der Waals surface area contributed by atoms with Gasteiger partial charge in [-0.1, -0.05) is 26.0 Å². The second-order valence-corrected chi connectivity index (χ2v) is 8.58. The van der Waals surface area contributed by atoms with Crippen LogP contribution in [-0.4, -0.2) is 33.0 Å². The van der Waals surface area contributed by atoms with E-state index in [1.165, 1.54) is 0 Å². The Hall–Kier alpha value is -2.34. The average molecular weight is 381 g/mol. The van der Waals surface area contributed by atoms with Crippen molar-refractivity contribution >= 4 is 34.4 Å². The summed E-state index contributed by atoms with van der Waals surface area (Å²) in [6.45, 7) is 9.07. The normalized spacial score (nSPS) is 14.2. The summed E-state index contributed by atoms with van der Waals surface area (Å²) in [4.78, 5) is 21.5. The Balaban J connectivity index is 1.87. The highest BCUT2D eigenvalue weighted by atomic mass is 32.2. The Kier molecular flexibility index (Phi) is 4.68. The summed E-state index contributed by atoms with van der Waals surface area (Å²) in [5, 5.41) is 5.33. The molecule has 0 spiro atoms. The van der Waals surface area contributed by atoms with Crippen LogP contribution in [0.3, 0.4) is 0 Å². The third kappa shape index (κ3) is 3.12. The first-order valence-electron chi connectivity index (χ1n) is 9.39. The van der Waals surface area contributed by atoms with Crippen molar-refractivity contribution in [1.29, 1.82) is 0 Å². The van der Waals surface area contributed by atoms with Crippen LogP contribution in [0, 0.1) is 0 Å². The number of carbonyl (C=O) groups excluding carboxylic acids is 1. The maximum atomic E-state index is 13.6. The molecule has 2 aromatic heterocycles. The minimum Gasteiger partial charge on any atom is -0.306 e. The number of amides is 1. The van der Waals surface area contributed by atoms with Gasteiger partial charge in [-0.15, -0.1) is 11.8 Å². The molecule has 0 unspecified atom stereocenters. The van der Waals surface area contributed by atoms with Crippen LogP contribution in [0.2, 0.25) is 0 Å². The van der Waals surface area contributed by atoms with E-state index in [1.54, 1.807) is 18.0 Å². The molecular weight excluding hydrogens is 356 g/mol. The van der Waals surface area contributed by atoms with Crippen molar-refractivity contribution < 1.29 is 4.79 Å². The van der Waals surface area contributed by atoms with E-state index in [0.717, 1.165) is 33.1 Å². The Bertz CT molecular complexity index is 1010. The Labute approximate surface area is 163 Å². The van der Waals surface area contributed by atoms with Gasteiger partial charge >= 0.3 is 0 Å². The number of fused-ring (bicyclic) bond motifs is 2. The molecule has 1 aliphatic rings. The third-order valence-electron chi connectivity index (χ3n) is 4.87. The third-order valence-corrected chi connectivity index (χ3v) is 5.91. The summed E-state index contributed by atoms with van der Waals surface area (Å²) in [7, 11) is 0. The van der Waals surface area contributed by atoms with Gasteiger partial charge in [-0.05, 0) is 38.0 Å². The van der Waals surface area contributed by atoms with Crippen LogP contribution in [0.15, 0.2) is 41.4 Å². The van der Waals surface area contributed by atoms with Crippen molar-refractivity contribution in [2.45, 2.75) is 44.6 Å². The number of hydrogen-bond donors (Lipinski definition) is 0. The van der Waals surface area contributed by atoms with Crippen LogP contribution in [0.25, 0.3) is 11.0 Å². The van der Waals surface area contributed by atoms with Crippen LogP contribution in [0.5, 0.6) is 0 Å². The summed E-state index contributed by atoms with van der Waals surface area (Å²) in [5.74, 6) is 1.17. The number of hydrogen-bond acceptors (Lipinski definition) is 4. The van der Waals surface area contributed by atoms with Gasteiger partial charge in [0.05, 0.1) is 22.8 Å². The summed E-state index contributed by atoms with van der Waals surface area (Å²) < 4.78 is 1.90. The topological polar surface area (TPSA) is 51.0 Å². The molecule has 140 valence electrons. The SMILES string of the molecule is CC(C)c1cc(C(=O)N2CCSc3ccccc32)c2cnn(C(C)C)c2n1. The van der Waals surface area contributed by atoms with Gasteiger partial charge in [-0.25, -0.2) is 9.67 Å². The van der Waals surface area contributed by atoms with Crippen molar-refractivity contribution in [2.75, 3.05) is 17.2 Å². The molecule has 0 atom stereocenters. The Morgan fingerprint density at radius 2 is 1.96 bits per heavy atom. The van der Waals surface area contributed by atoms with Gasteiger partial charge in [0.1, 0.15) is 0 Å². The fourth-order valence-electron chi connectivity index (χ4n) is 3.41. The lowest BCUT2D eigenvalue weighted by Crippen LogP contribution is -2.35. The van der Waals surface area contributed by atoms with Crippen LogP contribution < -0.4 is 4.90 Å². The molecule has 27 heavy (non-hydrogen) atoms. The number of nitrogens with zero attached hydrogens (tertiary/aromatic N) is 4. The van der Waals surface area contributed by atoms with Crippen LogP contribution in [0.1, 0.15) is 55.7 Å². The molecule has 3 aromatic rings. The first-order chi connectivity index (χ1) is 13.0. The lowest BCUT2D eigenvalue weighted by molar-refractivity contribution is 0.0989. The Morgan fingerprint density at radius 1 is 1.19 bits per heavy atom. The van der Waals surface area contributed by atoms with Crippen molar-refractivity contribution in [3.63, 3.8) is 0 Å². The van der Waals surface area contributed by atoms with Crippen molar-refractivity contribution in [3.8, 4) is 0 Å². The van der Waals surface area contributed by atoms with E-state index < -0.39 is 0 Å². The van der Waals surface area contributed by atoms with Crippen molar-refractivity contribution in [2.24, 2.45) is 0 Å². The van der Waals surface area contributed by atoms with Crippen molar-refractivity contribution in [3.05, 3.63) is 47.8 Å². The van der Waals surface area contributed by atoms with Gasteiger partial charge < -0.3 is 4.90 Å². The molecule has 0 saturated heterocycles. The second-order valence-electron chi connectivity index (χ2n) is 7.44. The number of thioether (sulfide) groups is 1. The summed E-state index contributed by atoms with van der Waals surface area (Å²) >= 11 is 1.80. The largest absolute Gasteiger partial charge is 0.306 e. The highest BCUT2D eigenvalue weighted by Crippen LogP contribution is 2.36. The van der Waals surface area contributed by atoms with Gasteiger partial charge in [0.2, 0.25) is 0 Å². The number of rotatable bonds is 3. The first-order valence-corrected chi connectivity index (χ1v) is 10.4. The fourth-order valence-corrected chi connectivity index (χ4v) is 4.41. The molecule has 3 heterocycles. The molecule has 6 heteroatoms. The lowest BCUT2D eigenvalue weighted by atomic mass is 10.0. The van der Waals surface area contributed by atoms with Crippen LogP contribution in [-0.2, 0) is 0 Å². The molecule has 1 aliphatic heterocycles.